The molecule has 1 unspecified atom stereocenters. The highest BCUT2D eigenvalue weighted by atomic mass is 16.5. The topological polar surface area (TPSA) is 82.8 Å². The van der Waals surface area contributed by atoms with Gasteiger partial charge in [-0.1, -0.05) is 6.07 Å². The normalized spacial score (nSPS) is 16.7. The summed E-state index contributed by atoms with van der Waals surface area (Å²) in [5, 5.41) is 9.48. The molecular weight excluding hydrogens is 366 g/mol. The molecule has 5 rings (SSSR count). The third-order valence-electron chi connectivity index (χ3n) is 5.44. The zero-order chi connectivity index (χ0) is 19.8. The van der Waals surface area contributed by atoms with Gasteiger partial charge in [-0.2, -0.15) is 0 Å². The van der Waals surface area contributed by atoms with E-state index in [1.54, 1.807) is 6.20 Å². The largest absolute Gasteiger partial charge is 0.376 e. The molecule has 7 nitrogen and oxygen atoms in total. The number of hydrogen-bond acceptors (Lipinski definition) is 6. The highest BCUT2D eigenvalue weighted by Crippen LogP contribution is 2.26. The first kappa shape index (κ1) is 17.9. The molecule has 29 heavy (non-hydrogen) atoms. The molecule has 1 aliphatic heterocycles. The van der Waals surface area contributed by atoms with Gasteiger partial charge < -0.3 is 9.30 Å². The fraction of sp³-hybridized carbons (Fsp3) is 0.318. The summed E-state index contributed by atoms with van der Waals surface area (Å²) in [4.78, 5) is 21.7. The fourth-order valence-corrected chi connectivity index (χ4v) is 3.96. The van der Waals surface area contributed by atoms with Crippen molar-refractivity contribution >= 4 is 27.9 Å². The molecule has 0 aliphatic carbocycles. The lowest BCUT2D eigenvalue weighted by molar-refractivity contribution is 0.0974. The van der Waals surface area contributed by atoms with E-state index in [0.29, 0.717) is 11.2 Å². The Hall–Kier alpha value is -3.19. The van der Waals surface area contributed by atoms with Gasteiger partial charge in [0, 0.05) is 29.4 Å². The first-order valence-electron chi connectivity index (χ1n) is 9.87. The van der Waals surface area contributed by atoms with Gasteiger partial charge >= 0.3 is 0 Å². The van der Waals surface area contributed by atoms with E-state index in [9.17, 15) is 4.79 Å². The average molecular weight is 387 g/mol. The number of aromatic nitrogens is 5. The van der Waals surface area contributed by atoms with Crippen LogP contribution in [-0.4, -0.2) is 43.2 Å². The van der Waals surface area contributed by atoms with Gasteiger partial charge in [-0.3, -0.25) is 9.78 Å². The molecule has 1 saturated heterocycles. The van der Waals surface area contributed by atoms with Gasteiger partial charge in [0.05, 0.1) is 30.1 Å². The van der Waals surface area contributed by atoms with Crippen LogP contribution in [0.1, 0.15) is 34.7 Å². The van der Waals surface area contributed by atoms with Crippen LogP contribution in [0.5, 0.6) is 0 Å². The van der Waals surface area contributed by atoms with Crippen molar-refractivity contribution in [2.45, 2.75) is 38.8 Å². The number of hydrogen-bond donors (Lipinski definition) is 0. The Bertz CT molecular complexity index is 1200. The number of rotatable bonds is 5. The van der Waals surface area contributed by atoms with Crippen LogP contribution in [0.15, 0.2) is 42.6 Å². The molecule has 0 amide bonds. The number of fused-ring (bicyclic) bond motifs is 3. The predicted octanol–water partition coefficient (Wildman–Crippen LogP) is 3.29. The summed E-state index contributed by atoms with van der Waals surface area (Å²) in [6.45, 7) is 3.51. The van der Waals surface area contributed by atoms with E-state index in [4.69, 9.17) is 4.74 Å². The van der Waals surface area contributed by atoms with Crippen molar-refractivity contribution in [3.8, 4) is 0 Å². The average Bonchev–Trinajstić information content (AvgIpc) is 3.36. The molecule has 0 N–H and O–H groups in total. The SMILES string of the molecule is Cc1nc2nnc3ccc(C(=O)Cc4ccccn4)cc3c2n1CC1CCCO1. The monoisotopic (exact) mass is 387 g/mol. The summed E-state index contributed by atoms with van der Waals surface area (Å²) < 4.78 is 7.97. The lowest BCUT2D eigenvalue weighted by atomic mass is 10.0. The third kappa shape index (κ3) is 3.38. The Kier molecular flexibility index (Phi) is 4.52. The lowest BCUT2D eigenvalue weighted by Gasteiger charge is -2.13. The van der Waals surface area contributed by atoms with Gasteiger partial charge in [-0.15, -0.1) is 10.2 Å². The van der Waals surface area contributed by atoms with Gasteiger partial charge in [-0.05, 0) is 50.1 Å². The molecule has 0 saturated carbocycles. The number of nitrogens with zero attached hydrogens (tertiary/aromatic N) is 5. The Morgan fingerprint density at radius 1 is 1.24 bits per heavy atom. The number of pyridine rings is 1. The Labute approximate surface area is 167 Å². The van der Waals surface area contributed by atoms with E-state index >= 15 is 0 Å². The zero-order valence-corrected chi connectivity index (χ0v) is 16.2. The Morgan fingerprint density at radius 2 is 2.17 bits per heavy atom. The molecule has 3 aromatic heterocycles. The van der Waals surface area contributed by atoms with E-state index in [0.717, 1.165) is 53.9 Å². The molecule has 0 radical (unpaired) electrons. The molecule has 0 spiro atoms. The zero-order valence-electron chi connectivity index (χ0n) is 16.2. The lowest BCUT2D eigenvalue weighted by Crippen LogP contribution is -2.16. The number of aryl methyl sites for hydroxylation is 1. The summed E-state index contributed by atoms with van der Waals surface area (Å²) in [6, 6.07) is 11.2. The van der Waals surface area contributed by atoms with Crippen LogP contribution in [-0.2, 0) is 17.7 Å². The first-order chi connectivity index (χ1) is 14.2. The number of benzene rings is 1. The van der Waals surface area contributed by atoms with Crippen LogP contribution >= 0.6 is 0 Å². The highest BCUT2D eigenvalue weighted by molar-refractivity contribution is 6.06. The molecule has 1 aromatic carbocycles. The minimum atomic E-state index is 0.0254. The maximum Gasteiger partial charge on any atom is 0.200 e. The summed E-state index contributed by atoms with van der Waals surface area (Å²) >= 11 is 0. The van der Waals surface area contributed by atoms with Gasteiger partial charge in [-0.25, -0.2) is 4.98 Å². The molecule has 146 valence electrons. The van der Waals surface area contributed by atoms with Crippen molar-refractivity contribution in [2.24, 2.45) is 0 Å². The van der Waals surface area contributed by atoms with Gasteiger partial charge in [0.1, 0.15) is 5.82 Å². The van der Waals surface area contributed by atoms with E-state index in [1.807, 2.05) is 43.3 Å². The molecule has 4 aromatic rings. The maximum atomic E-state index is 12.8. The molecule has 1 aliphatic rings. The second-order valence-electron chi connectivity index (χ2n) is 7.43. The van der Waals surface area contributed by atoms with Gasteiger partial charge in [0.15, 0.2) is 5.78 Å². The van der Waals surface area contributed by atoms with Gasteiger partial charge in [0.25, 0.3) is 0 Å². The minimum Gasteiger partial charge on any atom is -0.376 e. The highest BCUT2D eigenvalue weighted by Gasteiger charge is 2.21. The first-order valence-corrected chi connectivity index (χ1v) is 9.87. The summed E-state index contributed by atoms with van der Waals surface area (Å²) in [7, 11) is 0. The molecule has 4 heterocycles. The third-order valence-corrected chi connectivity index (χ3v) is 5.44. The predicted molar refractivity (Wildman–Crippen MR) is 109 cm³/mol. The molecule has 1 atom stereocenters. The van der Waals surface area contributed by atoms with Crippen LogP contribution in [0, 0.1) is 6.92 Å². The van der Waals surface area contributed by atoms with Crippen molar-refractivity contribution in [1.82, 2.24) is 24.7 Å². The number of ketones is 1. The van der Waals surface area contributed by atoms with E-state index in [2.05, 4.69) is 24.7 Å². The van der Waals surface area contributed by atoms with Crippen molar-refractivity contribution in [1.29, 1.82) is 0 Å². The van der Waals surface area contributed by atoms with Crippen LogP contribution in [0.4, 0.5) is 0 Å². The molecular formula is C22H21N5O2. The fourth-order valence-electron chi connectivity index (χ4n) is 3.96. The van der Waals surface area contributed by atoms with Crippen LogP contribution in [0.25, 0.3) is 22.1 Å². The molecule has 7 heteroatoms. The van der Waals surface area contributed by atoms with E-state index < -0.39 is 0 Å². The Balaban J connectivity index is 1.58. The number of carbonyl (C=O) groups excluding carboxylic acids is 1. The second-order valence-corrected chi connectivity index (χ2v) is 7.43. The van der Waals surface area contributed by atoms with Crippen LogP contribution < -0.4 is 0 Å². The van der Waals surface area contributed by atoms with Crippen molar-refractivity contribution in [3.05, 3.63) is 59.7 Å². The minimum absolute atomic E-state index is 0.0254. The summed E-state index contributed by atoms with van der Waals surface area (Å²) in [6.07, 6.45) is 4.28. The Morgan fingerprint density at radius 3 is 2.97 bits per heavy atom. The molecule has 0 bridgehead atoms. The number of carbonyl (C=O) groups is 1. The summed E-state index contributed by atoms with van der Waals surface area (Å²) in [5.74, 6) is 0.903. The number of Topliss-reactive ketones (excluding diaryl/α,β-unsaturated/α-hetero) is 1. The number of ether oxygens (including phenoxy) is 1. The van der Waals surface area contributed by atoms with Crippen LogP contribution in [0.3, 0.4) is 0 Å². The van der Waals surface area contributed by atoms with Gasteiger partial charge in [0.2, 0.25) is 5.65 Å². The van der Waals surface area contributed by atoms with Crippen molar-refractivity contribution in [2.75, 3.05) is 6.61 Å². The second kappa shape index (κ2) is 7.33. The summed E-state index contributed by atoms with van der Waals surface area (Å²) in [5.41, 5.74) is 3.66. The smallest absolute Gasteiger partial charge is 0.200 e. The van der Waals surface area contributed by atoms with Crippen LogP contribution in [0.2, 0.25) is 0 Å². The number of imidazole rings is 1. The maximum absolute atomic E-state index is 12.8. The molecule has 1 fully saturated rings. The van der Waals surface area contributed by atoms with Crippen molar-refractivity contribution < 1.29 is 9.53 Å². The quantitative estimate of drug-likeness (QED) is 0.489. The van der Waals surface area contributed by atoms with E-state index in [1.165, 1.54) is 0 Å². The van der Waals surface area contributed by atoms with Crippen molar-refractivity contribution in [3.63, 3.8) is 0 Å². The van der Waals surface area contributed by atoms with E-state index in [-0.39, 0.29) is 18.3 Å². The standard InChI is InChI=1S/C22H21N5O2/c1-14-24-22-21(27(14)13-17-6-4-10-29-17)18-11-15(7-8-19(18)25-26-22)20(28)12-16-5-2-3-9-23-16/h2-3,5,7-9,11,17H,4,6,10,12-13H2,1H3.